The van der Waals surface area contributed by atoms with Crippen LogP contribution >= 0.6 is 0 Å². The number of H-pyrrole nitrogens is 2. The number of pyridine rings is 1. The van der Waals surface area contributed by atoms with Gasteiger partial charge in [-0.15, -0.1) is 0 Å². The molecule has 2 heterocycles. The molecular weight excluding hydrogens is 280 g/mol. The van der Waals surface area contributed by atoms with Gasteiger partial charge < -0.3 is 10.3 Å². The molecule has 0 fully saturated rings. The highest BCUT2D eigenvalue weighted by atomic mass is 16.2. The minimum Gasteiger partial charge on any atom is -0.346 e. The second kappa shape index (κ2) is 6.09. The predicted octanol–water partition coefficient (Wildman–Crippen LogP) is 1.70. The lowest BCUT2D eigenvalue weighted by Gasteiger charge is -2.02. The predicted molar refractivity (Wildman–Crippen MR) is 82.3 cm³/mol. The van der Waals surface area contributed by atoms with E-state index in [1.165, 1.54) is 0 Å². The van der Waals surface area contributed by atoms with Crippen LogP contribution in [0, 0.1) is 0 Å². The summed E-state index contributed by atoms with van der Waals surface area (Å²) in [6.45, 7) is 0.161. The maximum atomic E-state index is 12.1. The molecule has 0 aliphatic rings. The van der Waals surface area contributed by atoms with Crippen LogP contribution in [0.25, 0.3) is 11.3 Å². The van der Waals surface area contributed by atoms with Crippen molar-refractivity contribution in [2.75, 3.05) is 0 Å². The van der Waals surface area contributed by atoms with E-state index in [1.807, 2.05) is 30.3 Å². The van der Waals surface area contributed by atoms with Gasteiger partial charge in [0.2, 0.25) is 0 Å². The summed E-state index contributed by atoms with van der Waals surface area (Å²) in [5, 5.41) is 9.52. The maximum absolute atomic E-state index is 12.1. The number of hydrogen-bond acceptors (Lipinski definition) is 3. The van der Waals surface area contributed by atoms with Crippen LogP contribution in [0.4, 0.5) is 0 Å². The van der Waals surface area contributed by atoms with Gasteiger partial charge in [0.05, 0.1) is 5.69 Å². The molecule has 110 valence electrons. The van der Waals surface area contributed by atoms with Gasteiger partial charge in [-0.2, -0.15) is 5.10 Å². The van der Waals surface area contributed by atoms with Gasteiger partial charge in [-0.05, 0) is 12.1 Å². The fourth-order valence-electron chi connectivity index (χ4n) is 2.06. The van der Waals surface area contributed by atoms with Crippen molar-refractivity contribution in [3.63, 3.8) is 0 Å². The number of hydrogen-bond donors (Lipinski definition) is 3. The summed E-state index contributed by atoms with van der Waals surface area (Å²) in [6.07, 6.45) is 1.55. The second-order valence-corrected chi connectivity index (χ2v) is 4.74. The van der Waals surface area contributed by atoms with Crippen molar-refractivity contribution in [1.29, 1.82) is 0 Å². The lowest BCUT2D eigenvalue weighted by molar-refractivity contribution is 0.0946. The van der Waals surface area contributed by atoms with Gasteiger partial charge in [0.1, 0.15) is 5.69 Å². The zero-order valence-electron chi connectivity index (χ0n) is 11.7. The molecule has 6 heteroatoms. The quantitative estimate of drug-likeness (QED) is 0.684. The van der Waals surface area contributed by atoms with Gasteiger partial charge in [0.15, 0.2) is 0 Å². The fraction of sp³-hybridized carbons (Fsp3) is 0.0625. The average molecular weight is 294 g/mol. The van der Waals surface area contributed by atoms with E-state index in [2.05, 4.69) is 20.5 Å². The Morgan fingerprint density at radius 3 is 2.73 bits per heavy atom. The number of aromatic nitrogens is 3. The monoisotopic (exact) mass is 294 g/mol. The van der Waals surface area contributed by atoms with Crippen LogP contribution in [0.2, 0.25) is 0 Å². The summed E-state index contributed by atoms with van der Waals surface area (Å²) >= 11 is 0. The van der Waals surface area contributed by atoms with E-state index in [9.17, 15) is 9.59 Å². The molecule has 2 aromatic heterocycles. The summed E-state index contributed by atoms with van der Waals surface area (Å²) in [4.78, 5) is 26.2. The molecule has 0 radical (unpaired) electrons. The van der Waals surface area contributed by atoms with Gasteiger partial charge in [-0.1, -0.05) is 36.4 Å². The molecule has 3 rings (SSSR count). The van der Waals surface area contributed by atoms with Crippen molar-refractivity contribution in [1.82, 2.24) is 20.5 Å². The standard InChI is InChI=1S/C16H14N4O2/c21-15-12(7-4-8-17-15)10-18-16(22)14-9-13(19-20-14)11-5-2-1-3-6-11/h1-9H,10H2,(H,17,21)(H,18,22)(H,19,20). The Hall–Kier alpha value is -3.15. The van der Waals surface area contributed by atoms with Crippen LogP contribution in [-0.2, 0) is 6.54 Å². The van der Waals surface area contributed by atoms with E-state index in [-0.39, 0.29) is 18.0 Å². The van der Waals surface area contributed by atoms with E-state index in [1.54, 1.807) is 24.4 Å². The minimum absolute atomic E-state index is 0.161. The number of nitrogens with zero attached hydrogens (tertiary/aromatic N) is 1. The fourth-order valence-corrected chi connectivity index (χ4v) is 2.06. The Labute approximate surface area is 126 Å². The Morgan fingerprint density at radius 1 is 1.14 bits per heavy atom. The first-order valence-corrected chi connectivity index (χ1v) is 6.79. The smallest absolute Gasteiger partial charge is 0.269 e. The molecule has 0 bridgehead atoms. The van der Waals surface area contributed by atoms with E-state index < -0.39 is 0 Å². The first kappa shape index (κ1) is 13.8. The van der Waals surface area contributed by atoms with Crippen molar-refractivity contribution >= 4 is 5.91 Å². The second-order valence-electron chi connectivity index (χ2n) is 4.74. The summed E-state index contributed by atoms with van der Waals surface area (Å²) in [7, 11) is 0. The van der Waals surface area contributed by atoms with Crippen LogP contribution in [0.15, 0.2) is 59.5 Å². The van der Waals surface area contributed by atoms with Crippen LogP contribution in [0.5, 0.6) is 0 Å². The molecular formula is C16H14N4O2. The van der Waals surface area contributed by atoms with Crippen molar-refractivity contribution in [2.24, 2.45) is 0 Å². The Morgan fingerprint density at radius 2 is 1.95 bits per heavy atom. The molecule has 0 atom stereocenters. The van der Waals surface area contributed by atoms with Gasteiger partial charge in [0, 0.05) is 23.9 Å². The Kier molecular flexibility index (Phi) is 3.82. The van der Waals surface area contributed by atoms with Gasteiger partial charge in [-0.25, -0.2) is 0 Å². The molecule has 22 heavy (non-hydrogen) atoms. The van der Waals surface area contributed by atoms with Crippen molar-refractivity contribution < 1.29 is 4.79 Å². The zero-order chi connectivity index (χ0) is 15.4. The SMILES string of the molecule is O=C(NCc1ccc[nH]c1=O)c1cc(-c2ccccc2)n[nH]1. The molecule has 3 aromatic rings. The van der Waals surface area contributed by atoms with Crippen molar-refractivity contribution in [3.05, 3.63) is 76.3 Å². The molecule has 6 nitrogen and oxygen atoms in total. The van der Waals surface area contributed by atoms with Gasteiger partial charge >= 0.3 is 0 Å². The van der Waals surface area contributed by atoms with E-state index in [0.717, 1.165) is 5.56 Å². The van der Waals surface area contributed by atoms with Gasteiger partial charge in [0.25, 0.3) is 11.5 Å². The highest BCUT2D eigenvalue weighted by Crippen LogP contribution is 2.16. The van der Waals surface area contributed by atoms with Crippen LogP contribution < -0.4 is 10.9 Å². The number of nitrogens with one attached hydrogen (secondary N) is 3. The number of benzene rings is 1. The van der Waals surface area contributed by atoms with Crippen LogP contribution in [-0.4, -0.2) is 21.1 Å². The number of carbonyl (C=O) groups is 1. The van der Waals surface area contributed by atoms with Crippen LogP contribution in [0.1, 0.15) is 16.1 Å². The zero-order valence-corrected chi connectivity index (χ0v) is 11.7. The lowest BCUT2D eigenvalue weighted by atomic mass is 10.1. The number of carbonyl (C=O) groups excluding carboxylic acids is 1. The average Bonchev–Trinajstić information content (AvgIpc) is 3.05. The first-order chi connectivity index (χ1) is 10.7. The first-order valence-electron chi connectivity index (χ1n) is 6.79. The van der Waals surface area contributed by atoms with Gasteiger partial charge in [-0.3, -0.25) is 14.7 Å². The summed E-state index contributed by atoms with van der Waals surface area (Å²) < 4.78 is 0. The summed E-state index contributed by atoms with van der Waals surface area (Å²) in [5.74, 6) is -0.307. The molecule has 1 aromatic carbocycles. The Bertz CT molecular complexity index is 836. The van der Waals surface area contributed by atoms with E-state index in [4.69, 9.17) is 0 Å². The molecule has 0 unspecified atom stereocenters. The molecule has 0 saturated heterocycles. The highest BCUT2D eigenvalue weighted by molar-refractivity contribution is 5.93. The third-order valence-electron chi connectivity index (χ3n) is 3.23. The highest BCUT2D eigenvalue weighted by Gasteiger charge is 2.11. The summed E-state index contributed by atoms with van der Waals surface area (Å²) in [6, 6.07) is 14.6. The molecule has 0 aliphatic carbocycles. The number of aromatic amines is 2. The third kappa shape index (κ3) is 2.95. The van der Waals surface area contributed by atoms with Crippen molar-refractivity contribution in [2.45, 2.75) is 6.54 Å². The topological polar surface area (TPSA) is 90.6 Å². The molecule has 0 saturated carbocycles. The normalized spacial score (nSPS) is 10.4. The minimum atomic E-state index is -0.307. The maximum Gasteiger partial charge on any atom is 0.269 e. The Balaban J connectivity index is 1.70. The van der Waals surface area contributed by atoms with Crippen LogP contribution in [0.3, 0.4) is 0 Å². The number of amides is 1. The lowest BCUT2D eigenvalue weighted by Crippen LogP contribution is -2.26. The molecule has 3 N–H and O–H groups in total. The summed E-state index contributed by atoms with van der Waals surface area (Å²) in [5.41, 5.74) is 2.27. The largest absolute Gasteiger partial charge is 0.346 e. The molecule has 0 aliphatic heterocycles. The number of rotatable bonds is 4. The van der Waals surface area contributed by atoms with E-state index in [0.29, 0.717) is 17.0 Å². The van der Waals surface area contributed by atoms with E-state index >= 15 is 0 Å². The third-order valence-corrected chi connectivity index (χ3v) is 3.23. The molecule has 1 amide bonds. The van der Waals surface area contributed by atoms with Crippen molar-refractivity contribution in [3.8, 4) is 11.3 Å². The molecule has 0 spiro atoms.